The molecule has 1 rings (SSSR count). The molecule has 0 saturated heterocycles. The average Bonchev–Trinajstić information content (AvgIpc) is 3.06. The maximum Gasteiger partial charge on any atom is 0.315 e. The molecule has 6 heteroatoms. The first-order valence-corrected chi connectivity index (χ1v) is 16.4. The van der Waals surface area contributed by atoms with Crippen LogP contribution >= 0.6 is 11.8 Å². The van der Waals surface area contributed by atoms with E-state index in [2.05, 4.69) is 54.9 Å². The van der Waals surface area contributed by atoms with E-state index in [9.17, 15) is 14.7 Å². The summed E-state index contributed by atoms with van der Waals surface area (Å²) in [6, 6.07) is 0. The van der Waals surface area contributed by atoms with Crippen LogP contribution in [0.5, 0.6) is 0 Å². The quantitative estimate of drug-likeness (QED) is 0.129. The Hall–Kier alpha value is -1.03. The molecule has 0 radical (unpaired) electrons. The third kappa shape index (κ3) is 12.0. The van der Waals surface area contributed by atoms with Crippen LogP contribution in [0.1, 0.15) is 64.7 Å². The lowest BCUT2D eigenvalue weighted by Gasteiger charge is -2.22. The van der Waals surface area contributed by atoms with Crippen molar-refractivity contribution in [2.75, 3.05) is 18.6 Å². The Morgan fingerprint density at radius 2 is 2.06 bits per heavy atom. The smallest absolute Gasteiger partial charge is 0.315 e. The van der Waals surface area contributed by atoms with Crippen molar-refractivity contribution in [3.05, 3.63) is 12.2 Å². The lowest BCUT2D eigenvalue weighted by atomic mass is 9.88. The second-order valence-electron chi connectivity index (χ2n) is 9.67. The third-order valence-corrected chi connectivity index (χ3v) is 7.50. The number of ether oxygens (including phenoxy) is 1. The molecule has 0 amide bonds. The summed E-state index contributed by atoms with van der Waals surface area (Å²) in [6.45, 7) is 8.71. The van der Waals surface area contributed by atoms with Crippen LogP contribution in [0.3, 0.4) is 0 Å². The van der Waals surface area contributed by atoms with Gasteiger partial charge in [-0.1, -0.05) is 57.5 Å². The molecule has 3 atom stereocenters. The van der Waals surface area contributed by atoms with E-state index in [0.717, 1.165) is 44.3 Å². The predicted octanol–water partition coefficient (Wildman–Crippen LogP) is 5.41. The first kappa shape index (κ1) is 28.0. The maximum atomic E-state index is 12.4. The third-order valence-electron chi connectivity index (χ3n) is 5.61. The highest BCUT2D eigenvalue weighted by atomic mass is 32.2. The SMILES string of the molecule is CCCCC(O)(C#C[Si](C)(C)C)CC=C[C@H]1CCC(=O)[C@@H]1CCCCSCC(=O)OC. The molecule has 176 valence electrons. The van der Waals surface area contributed by atoms with Crippen LogP contribution in [0.4, 0.5) is 0 Å². The number of unbranched alkanes of at least 4 members (excludes halogenated alkanes) is 2. The van der Waals surface area contributed by atoms with Crippen molar-refractivity contribution >= 4 is 31.6 Å². The standard InChI is InChI=1S/C25H42O4SSi/c1-6-7-15-25(28,17-19-31(3,4)5)16-10-11-21-13-14-23(26)22(21)12-8-9-18-30-20-24(27)29-2/h10-11,21-22,28H,6-9,12-16,18,20H2,1-5H3/t21-,22+,25?/m0/s1. The molecule has 0 aromatic rings. The van der Waals surface area contributed by atoms with Gasteiger partial charge in [-0.15, -0.1) is 5.54 Å². The number of Topliss-reactive ketones (excluding diaryl/α,β-unsaturated/α-hetero) is 1. The number of aliphatic hydroxyl groups is 1. The lowest BCUT2D eigenvalue weighted by molar-refractivity contribution is -0.137. The minimum absolute atomic E-state index is 0.0960. The molecule has 0 aromatic carbocycles. The van der Waals surface area contributed by atoms with Gasteiger partial charge in [-0.25, -0.2) is 0 Å². The molecule has 1 aliphatic rings. The summed E-state index contributed by atoms with van der Waals surface area (Å²) >= 11 is 1.59. The Morgan fingerprint density at radius 3 is 2.71 bits per heavy atom. The largest absolute Gasteiger partial charge is 0.468 e. The van der Waals surface area contributed by atoms with Crippen LogP contribution < -0.4 is 0 Å². The van der Waals surface area contributed by atoms with Crippen molar-refractivity contribution in [3.63, 3.8) is 0 Å². The molecule has 1 saturated carbocycles. The second kappa shape index (κ2) is 14.2. The van der Waals surface area contributed by atoms with Gasteiger partial charge in [0.1, 0.15) is 19.5 Å². The van der Waals surface area contributed by atoms with E-state index in [1.54, 1.807) is 11.8 Å². The van der Waals surface area contributed by atoms with Gasteiger partial charge in [0, 0.05) is 18.8 Å². The Balaban J connectivity index is 2.57. The summed E-state index contributed by atoms with van der Waals surface area (Å²) < 4.78 is 4.64. The molecule has 31 heavy (non-hydrogen) atoms. The molecule has 1 fully saturated rings. The zero-order valence-corrected chi connectivity index (χ0v) is 22.0. The fourth-order valence-corrected chi connectivity index (χ4v) is 5.19. The number of hydrogen-bond acceptors (Lipinski definition) is 5. The minimum atomic E-state index is -1.54. The number of rotatable bonds is 13. The zero-order chi connectivity index (χ0) is 23.3. The van der Waals surface area contributed by atoms with Crippen LogP contribution in [0.25, 0.3) is 0 Å². The molecule has 1 aliphatic carbocycles. The second-order valence-corrected chi connectivity index (χ2v) is 15.5. The van der Waals surface area contributed by atoms with Gasteiger partial charge < -0.3 is 9.84 Å². The van der Waals surface area contributed by atoms with Crippen LogP contribution in [0.15, 0.2) is 12.2 Å². The van der Waals surface area contributed by atoms with Crippen molar-refractivity contribution in [3.8, 4) is 11.5 Å². The van der Waals surface area contributed by atoms with E-state index >= 15 is 0 Å². The Bertz CT molecular complexity index is 659. The summed E-state index contributed by atoms with van der Waals surface area (Å²) in [7, 11) is -0.133. The summed E-state index contributed by atoms with van der Waals surface area (Å²) in [5.41, 5.74) is 2.38. The van der Waals surface area contributed by atoms with Crippen molar-refractivity contribution in [1.82, 2.24) is 0 Å². The fourth-order valence-electron chi connectivity index (χ4n) is 3.75. The number of allylic oxidation sites excluding steroid dienone is 1. The fraction of sp³-hybridized carbons (Fsp3) is 0.760. The highest BCUT2D eigenvalue weighted by Gasteiger charge is 2.32. The first-order chi connectivity index (χ1) is 14.6. The van der Waals surface area contributed by atoms with Gasteiger partial charge >= 0.3 is 5.97 Å². The van der Waals surface area contributed by atoms with Gasteiger partial charge in [-0.05, 0) is 43.8 Å². The molecule has 0 aliphatic heterocycles. The topological polar surface area (TPSA) is 63.6 Å². The Morgan fingerprint density at radius 1 is 1.32 bits per heavy atom. The van der Waals surface area contributed by atoms with Gasteiger partial charge in [0.05, 0.1) is 12.9 Å². The molecule has 0 heterocycles. The zero-order valence-electron chi connectivity index (χ0n) is 20.2. The van der Waals surface area contributed by atoms with Crippen molar-refractivity contribution < 1.29 is 19.4 Å². The molecule has 1 unspecified atom stereocenters. The monoisotopic (exact) mass is 466 g/mol. The van der Waals surface area contributed by atoms with E-state index in [-0.39, 0.29) is 17.8 Å². The summed E-state index contributed by atoms with van der Waals surface area (Å²) in [6.07, 6.45) is 11.9. The number of carbonyl (C=O) groups is 2. The highest BCUT2D eigenvalue weighted by Crippen LogP contribution is 2.34. The summed E-state index contributed by atoms with van der Waals surface area (Å²) in [5.74, 6) is 5.06. The molecule has 1 N–H and O–H groups in total. The molecule has 4 nitrogen and oxygen atoms in total. The Labute approximate surface area is 195 Å². The molecular formula is C25H42O4SSi. The van der Waals surface area contributed by atoms with Crippen molar-refractivity contribution in [1.29, 1.82) is 0 Å². The molecule has 0 aromatic heterocycles. The van der Waals surface area contributed by atoms with E-state index < -0.39 is 13.7 Å². The number of ketones is 1. The number of esters is 1. The van der Waals surface area contributed by atoms with E-state index in [1.807, 2.05) is 0 Å². The van der Waals surface area contributed by atoms with E-state index in [4.69, 9.17) is 0 Å². The number of methoxy groups -OCH3 is 1. The highest BCUT2D eigenvalue weighted by molar-refractivity contribution is 7.99. The maximum absolute atomic E-state index is 12.4. The van der Waals surface area contributed by atoms with E-state index in [1.165, 1.54) is 7.11 Å². The number of hydrogen-bond donors (Lipinski definition) is 1. The summed E-state index contributed by atoms with van der Waals surface area (Å²) in [5, 5.41) is 11.1. The molecule has 0 spiro atoms. The van der Waals surface area contributed by atoms with Crippen LogP contribution in [0, 0.1) is 23.3 Å². The van der Waals surface area contributed by atoms with Crippen molar-refractivity contribution in [2.24, 2.45) is 11.8 Å². The molecule has 0 bridgehead atoms. The van der Waals surface area contributed by atoms with Gasteiger partial charge in [-0.3, -0.25) is 9.59 Å². The number of carbonyl (C=O) groups excluding carboxylic acids is 2. The van der Waals surface area contributed by atoms with Crippen LogP contribution in [0.2, 0.25) is 19.6 Å². The van der Waals surface area contributed by atoms with Crippen LogP contribution in [-0.2, 0) is 14.3 Å². The van der Waals surface area contributed by atoms with Gasteiger partial charge in [0.25, 0.3) is 0 Å². The first-order valence-electron chi connectivity index (χ1n) is 11.7. The van der Waals surface area contributed by atoms with Gasteiger partial charge in [0.15, 0.2) is 0 Å². The van der Waals surface area contributed by atoms with E-state index in [0.29, 0.717) is 30.8 Å². The molecular weight excluding hydrogens is 424 g/mol. The lowest BCUT2D eigenvalue weighted by Crippen LogP contribution is -2.28. The van der Waals surface area contributed by atoms with Gasteiger partial charge in [-0.2, -0.15) is 11.8 Å². The number of thioether (sulfide) groups is 1. The summed E-state index contributed by atoms with van der Waals surface area (Å²) in [4.78, 5) is 23.5. The van der Waals surface area contributed by atoms with Crippen LogP contribution in [-0.4, -0.2) is 49.1 Å². The predicted molar refractivity (Wildman–Crippen MR) is 134 cm³/mol. The van der Waals surface area contributed by atoms with Gasteiger partial charge in [0.2, 0.25) is 0 Å². The Kier molecular flexibility index (Phi) is 12.8. The average molecular weight is 467 g/mol. The normalized spacial score (nSPS) is 21.0. The van der Waals surface area contributed by atoms with Crippen molar-refractivity contribution in [2.45, 2.75) is 90.0 Å². The minimum Gasteiger partial charge on any atom is -0.468 e.